The lowest BCUT2D eigenvalue weighted by Crippen LogP contribution is -2.33. The van der Waals surface area contributed by atoms with E-state index in [0.717, 1.165) is 16.9 Å². The second-order valence-corrected chi connectivity index (χ2v) is 6.85. The first kappa shape index (κ1) is 20.4. The molecule has 1 aromatic heterocycles. The maximum atomic E-state index is 10.4. The highest BCUT2D eigenvalue weighted by Gasteiger charge is 2.11. The van der Waals surface area contributed by atoms with E-state index in [9.17, 15) is 15.6 Å². The summed E-state index contributed by atoms with van der Waals surface area (Å²) in [5.41, 5.74) is 3.64. The molecule has 0 amide bonds. The number of methoxy groups -OCH3 is 1. The van der Waals surface area contributed by atoms with Crippen LogP contribution in [0.4, 0.5) is 0 Å². The van der Waals surface area contributed by atoms with Crippen molar-refractivity contribution in [1.82, 2.24) is 9.99 Å². The third kappa shape index (κ3) is 4.22. The third-order valence-electron chi connectivity index (χ3n) is 4.01. The van der Waals surface area contributed by atoms with Gasteiger partial charge in [0.1, 0.15) is 27.1 Å². The summed E-state index contributed by atoms with van der Waals surface area (Å²) in [6.07, 6.45) is 1.50. The minimum Gasteiger partial charge on any atom is -0.497 e. The van der Waals surface area contributed by atoms with E-state index in [0.29, 0.717) is 11.4 Å². The van der Waals surface area contributed by atoms with E-state index in [1.807, 2.05) is 18.2 Å². The van der Waals surface area contributed by atoms with Crippen LogP contribution in [0.1, 0.15) is 5.56 Å². The summed E-state index contributed by atoms with van der Waals surface area (Å²) in [6.45, 7) is 0. The fourth-order valence-electron chi connectivity index (χ4n) is 2.57. The monoisotopic (exact) mass is 416 g/mol. The molecule has 0 bridgehead atoms. The Balaban J connectivity index is 2.07. The lowest BCUT2D eigenvalue weighted by atomic mass is 10.2. The molecule has 0 aliphatic carbocycles. The number of ether oxygens (including phenoxy) is 1. The van der Waals surface area contributed by atoms with Crippen LogP contribution in [0, 0.1) is 28.1 Å². The van der Waals surface area contributed by atoms with Gasteiger partial charge in [0.2, 0.25) is 5.88 Å². The van der Waals surface area contributed by atoms with Gasteiger partial charge in [0, 0.05) is 5.69 Å². The van der Waals surface area contributed by atoms with Gasteiger partial charge in [0.15, 0.2) is 11.1 Å². The Morgan fingerprint density at radius 3 is 2.43 bits per heavy atom. The second kappa shape index (κ2) is 9.24. The highest BCUT2D eigenvalue weighted by atomic mass is 32.1. The average Bonchev–Trinajstić information content (AvgIpc) is 3.12. The zero-order chi connectivity index (χ0) is 21.5. The van der Waals surface area contributed by atoms with Crippen LogP contribution in [0.5, 0.6) is 5.75 Å². The van der Waals surface area contributed by atoms with E-state index in [1.54, 1.807) is 55.6 Å². The lowest BCUT2D eigenvalue weighted by molar-refractivity contribution is 0.415. The van der Waals surface area contributed by atoms with Crippen molar-refractivity contribution in [1.29, 1.82) is 15.9 Å². The van der Waals surface area contributed by atoms with E-state index >= 15 is 0 Å². The number of nitrogens with zero attached hydrogens (tertiary/aromatic N) is 4. The van der Waals surface area contributed by atoms with Crippen molar-refractivity contribution in [3.63, 3.8) is 0 Å². The normalized spacial score (nSPS) is 11.4. The first-order chi connectivity index (χ1) is 14.6. The summed E-state index contributed by atoms with van der Waals surface area (Å²) in [6, 6.07) is 19.7. The van der Waals surface area contributed by atoms with Crippen molar-refractivity contribution < 1.29 is 9.84 Å². The van der Waals surface area contributed by atoms with Crippen LogP contribution in [0.3, 0.4) is 0 Å². The average molecular weight is 416 g/mol. The van der Waals surface area contributed by atoms with E-state index in [4.69, 9.17) is 10.1 Å². The molecule has 0 unspecified atom stereocenters. The van der Waals surface area contributed by atoms with Gasteiger partial charge in [0.25, 0.3) is 0 Å². The Hall–Kier alpha value is -4.34. The van der Waals surface area contributed by atoms with Gasteiger partial charge in [-0.05, 0) is 42.0 Å². The van der Waals surface area contributed by atoms with Crippen molar-refractivity contribution in [2.24, 2.45) is 5.10 Å². The first-order valence-corrected chi connectivity index (χ1v) is 9.43. The van der Waals surface area contributed by atoms with Crippen LogP contribution in [-0.2, 0) is 0 Å². The lowest BCUT2D eigenvalue weighted by Gasteiger charge is -2.02. The number of hydrogen-bond donors (Lipinski definition) is 3. The molecule has 148 valence electrons. The number of aromatic nitrogens is 1. The minimum atomic E-state index is -0.360. The van der Waals surface area contributed by atoms with Gasteiger partial charge in [-0.2, -0.15) is 15.6 Å². The van der Waals surface area contributed by atoms with Crippen LogP contribution in [0.15, 0.2) is 59.7 Å². The highest BCUT2D eigenvalue weighted by molar-refractivity contribution is 7.07. The van der Waals surface area contributed by atoms with Crippen molar-refractivity contribution in [3.05, 3.63) is 74.8 Å². The van der Waals surface area contributed by atoms with Gasteiger partial charge in [-0.1, -0.05) is 18.2 Å². The summed E-state index contributed by atoms with van der Waals surface area (Å²) in [5, 5.41) is 41.5. The number of nitriles is 2. The molecule has 1 heterocycles. The number of hydrogen-bond acceptors (Lipinski definition) is 8. The van der Waals surface area contributed by atoms with Crippen LogP contribution in [0.2, 0.25) is 0 Å². The molecule has 3 aromatic rings. The second-order valence-electron chi connectivity index (χ2n) is 5.85. The molecule has 0 aliphatic rings. The third-order valence-corrected chi connectivity index (χ3v) is 5.18. The van der Waals surface area contributed by atoms with Crippen molar-refractivity contribution in [3.8, 4) is 23.6 Å². The summed E-state index contributed by atoms with van der Waals surface area (Å²) in [4.78, 5) is 0. The van der Waals surface area contributed by atoms with Gasteiger partial charge in [0.05, 0.1) is 13.3 Å². The number of hydrazone groups is 1. The van der Waals surface area contributed by atoms with Crippen LogP contribution in [0.25, 0.3) is 17.1 Å². The molecule has 8 nitrogen and oxygen atoms in total. The fourth-order valence-corrected chi connectivity index (χ4v) is 3.57. The van der Waals surface area contributed by atoms with E-state index in [-0.39, 0.29) is 26.1 Å². The standard InChI is InChI=1S/C21H16N6O2S/c1-29-17-9-7-14(8-10-17)13-25-26-20(28)18-19(24)27(16-5-3-2-4-6-16)21(30-18)15(11-22)12-23/h2-10,13,24,26,28H,1H3/b20-18+,24-19?,25-13-. The summed E-state index contributed by atoms with van der Waals surface area (Å²) >= 11 is 0.951. The van der Waals surface area contributed by atoms with Gasteiger partial charge in [-0.3, -0.25) is 9.98 Å². The van der Waals surface area contributed by atoms with Crippen LogP contribution >= 0.6 is 11.3 Å². The molecular formula is C21H16N6O2S. The van der Waals surface area contributed by atoms with Gasteiger partial charge >= 0.3 is 0 Å². The first-order valence-electron chi connectivity index (χ1n) is 8.61. The molecule has 9 heteroatoms. The number of rotatable bonds is 5. The van der Waals surface area contributed by atoms with Crippen LogP contribution < -0.4 is 24.8 Å². The van der Waals surface area contributed by atoms with Gasteiger partial charge in [-0.25, -0.2) is 5.43 Å². The molecule has 0 atom stereocenters. The molecular weight excluding hydrogens is 400 g/mol. The topological polar surface area (TPSA) is 130 Å². The Bertz CT molecular complexity index is 1320. The highest BCUT2D eigenvalue weighted by Crippen LogP contribution is 2.09. The Kier molecular flexibility index (Phi) is 6.28. The van der Waals surface area contributed by atoms with E-state index in [1.165, 1.54) is 10.8 Å². The van der Waals surface area contributed by atoms with Crippen molar-refractivity contribution >= 4 is 29.0 Å². The number of aliphatic hydroxyl groups is 1. The molecule has 30 heavy (non-hydrogen) atoms. The smallest absolute Gasteiger partial charge is 0.226 e. The Morgan fingerprint density at radius 2 is 1.83 bits per heavy atom. The summed E-state index contributed by atoms with van der Waals surface area (Å²) < 4.78 is 6.93. The van der Waals surface area contributed by atoms with E-state index < -0.39 is 0 Å². The molecule has 0 radical (unpaired) electrons. The molecule has 3 rings (SSSR count). The number of aliphatic hydroxyl groups excluding tert-OH is 1. The number of nitrogens with one attached hydrogen (secondary N) is 2. The summed E-state index contributed by atoms with van der Waals surface area (Å²) in [7, 11) is 1.58. The Labute approximate surface area is 175 Å². The molecule has 0 spiro atoms. The largest absolute Gasteiger partial charge is 0.497 e. The molecule has 3 N–H and O–H groups in total. The van der Waals surface area contributed by atoms with Crippen molar-refractivity contribution in [2.75, 3.05) is 7.11 Å². The molecule has 0 saturated heterocycles. The maximum absolute atomic E-state index is 10.4. The zero-order valence-corrected chi connectivity index (χ0v) is 16.6. The number of para-hydroxylation sites is 1. The molecule has 0 saturated carbocycles. The maximum Gasteiger partial charge on any atom is 0.226 e. The predicted molar refractivity (Wildman–Crippen MR) is 113 cm³/mol. The summed E-state index contributed by atoms with van der Waals surface area (Å²) in [5.74, 6) is 0.355. The van der Waals surface area contributed by atoms with Gasteiger partial charge < -0.3 is 9.84 Å². The predicted octanol–water partition coefficient (Wildman–Crippen LogP) is 1.47. The number of benzene rings is 2. The molecule has 0 fully saturated rings. The van der Waals surface area contributed by atoms with Crippen molar-refractivity contribution in [2.45, 2.75) is 0 Å². The number of thiazole rings is 1. The zero-order valence-electron chi connectivity index (χ0n) is 15.8. The van der Waals surface area contributed by atoms with Crippen LogP contribution in [-0.4, -0.2) is 23.0 Å². The quantitative estimate of drug-likeness (QED) is 0.428. The van der Waals surface area contributed by atoms with E-state index in [2.05, 4.69) is 10.5 Å². The minimum absolute atomic E-state index is 0.0751. The SMILES string of the molecule is COc1ccc(/C=N\N/C(O)=c2\sc(=C(C#N)C#N)n(-c3ccccc3)c2=N)cc1. The van der Waals surface area contributed by atoms with Gasteiger partial charge in [-0.15, -0.1) is 11.3 Å². The fraction of sp³-hybridized carbons (Fsp3) is 0.0476. The Morgan fingerprint density at radius 1 is 1.17 bits per heavy atom. The molecule has 2 aromatic carbocycles. The molecule has 0 aliphatic heterocycles.